The minimum absolute atomic E-state index is 0.0200. The molecule has 25 heavy (non-hydrogen) atoms. The number of hydrogen-bond donors (Lipinski definition) is 0. The minimum atomic E-state index is -1.13. The number of Topliss-reactive ketones (excluding diaryl/α,β-unsaturated/α-hetero) is 1. The van der Waals surface area contributed by atoms with Crippen molar-refractivity contribution in [3.8, 4) is 0 Å². The SMILES string of the molecule is COC(=O)C1(C(=O)Cc2c(C)cc(C)cc2C)CCC2OCOC2C1. The molecular weight excluding hydrogens is 320 g/mol. The maximum atomic E-state index is 13.3. The number of rotatable bonds is 4. The van der Waals surface area contributed by atoms with Crippen LogP contribution in [0.25, 0.3) is 0 Å². The first-order valence-electron chi connectivity index (χ1n) is 8.79. The van der Waals surface area contributed by atoms with Gasteiger partial charge in [-0.2, -0.15) is 0 Å². The lowest BCUT2D eigenvalue weighted by Crippen LogP contribution is -2.49. The number of hydrogen-bond acceptors (Lipinski definition) is 5. The van der Waals surface area contributed by atoms with Crippen molar-refractivity contribution >= 4 is 11.8 Å². The molecule has 0 N–H and O–H groups in total. The molecule has 3 rings (SSSR count). The average Bonchev–Trinajstić information content (AvgIpc) is 3.04. The van der Waals surface area contributed by atoms with Crippen LogP contribution in [0.5, 0.6) is 0 Å². The largest absolute Gasteiger partial charge is 0.468 e. The summed E-state index contributed by atoms with van der Waals surface area (Å²) < 4.78 is 16.1. The van der Waals surface area contributed by atoms with Crippen LogP contribution in [0.2, 0.25) is 0 Å². The first-order valence-corrected chi connectivity index (χ1v) is 8.79. The van der Waals surface area contributed by atoms with Crippen LogP contribution in [-0.4, -0.2) is 37.9 Å². The van der Waals surface area contributed by atoms with E-state index in [1.807, 2.05) is 20.8 Å². The first kappa shape index (κ1) is 18.1. The van der Waals surface area contributed by atoms with Gasteiger partial charge in [0.25, 0.3) is 0 Å². The molecule has 1 aromatic rings. The lowest BCUT2D eigenvalue weighted by Gasteiger charge is -2.37. The van der Waals surface area contributed by atoms with Gasteiger partial charge in [-0.15, -0.1) is 0 Å². The number of carbonyl (C=O) groups is 2. The zero-order chi connectivity index (χ0) is 18.2. The first-order chi connectivity index (χ1) is 11.9. The van der Waals surface area contributed by atoms with Crippen molar-refractivity contribution in [2.24, 2.45) is 5.41 Å². The Balaban J connectivity index is 1.90. The van der Waals surface area contributed by atoms with Crippen molar-refractivity contribution in [2.75, 3.05) is 13.9 Å². The second-order valence-corrected chi connectivity index (χ2v) is 7.32. The Morgan fingerprint density at radius 3 is 2.44 bits per heavy atom. The fourth-order valence-corrected chi connectivity index (χ4v) is 4.29. The molecule has 3 atom stereocenters. The second-order valence-electron chi connectivity index (χ2n) is 7.32. The van der Waals surface area contributed by atoms with Crippen molar-refractivity contribution in [1.82, 2.24) is 0 Å². The van der Waals surface area contributed by atoms with Crippen LogP contribution in [-0.2, 0) is 30.2 Å². The summed E-state index contributed by atoms with van der Waals surface area (Å²) in [6.07, 6.45) is 1.44. The highest BCUT2D eigenvalue weighted by molar-refractivity contribution is 6.05. The Labute approximate surface area is 148 Å². The molecule has 2 fully saturated rings. The van der Waals surface area contributed by atoms with Crippen LogP contribution in [0.4, 0.5) is 0 Å². The Morgan fingerprint density at radius 2 is 1.80 bits per heavy atom. The average molecular weight is 346 g/mol. The van der Waals surface area contributed by atoms with Gasteiger partial charge in [0.2, 0.25) is 0 Å². The van der Waals surface area contributed by atoms with Crippen molar-refractivity contribution in [3.05, 3.63) is 34.4 Å². The summed E-state index contributed by atoms with van der Waals surface area (Å²) in [6.45, 7) is 6.30. The van der Waals surface area contributed by atoms with E-state index in [2.05, 4.69) is 12.1 Å². The van der Waals surface area contributed by atoms with Gasteiger partial charge in [-0.3, -0.25) is 9.59 Å². The zero-order valence-electron chi connectivity index (χ0n) is 15.4. The molecule has 1 aliphatic heterocycles. The Bertz CT molecular complexity index is 672. The number of ketones is 1. The number of fused-ring (bicyclic) bond motifs is 1. The molecule has 3 unspecified atom stereocenters. The summed E-state index contributed by atoms with van der Waals surface area (Å²) in [7, 11) is 1.35. The molecule has 2 aliphatic rings. The predicted octanol–water partition coefficient (Wildman–Crippen LogP) is 2.81. The molecule has 0 amide bonds. The van der Waals surface area contributed by atoms with Gasteiger partial charge in [0.1, 0.15) is 12.2 Å². The summed E-state index contributed by atoms with van der Waals surface area (Å²) >= 11 is 0. The molecule has 1 saturated carbocycles. The fraction of sp³-hybridized carbons (Fsp3) is 0.600. The molecule has 5 nitrogen and oxygen atoms in total. The third kappa shape index (κ3) is 3.23. The van der Waals surface area contributed by atoms with Gasteiger partial charge in [0.15, 0.2) is 5.78 Å². The quantitative estimate of drug-likeness (QED) is 0.620. The summed E-state index contributed by atoms with van der Waals surface area (Å²) in [5.74, 6) is -0.530. The highest BCUT2D eigenvalue weighted by atomic mass is 16.7. The highest BCUT2D eigenvalue weighted by Gasteiger charge is 2.53. The standard InChI is InChI=1S/C20H26O5/c1-12-7-13(2)15(14(3)8-12)9-18(21)20(19(22)23-4)6-5-16-17(10-20)25-11-24-16/h7-8,16-17H,5-6,9-11H2,1-4H3. The van der Waals surface area contributed by atoms with Gasteiger partial charge < -0.3 is 14.2 Å². The number of carbonyl (C=O) groups excluding carboxylic acids is 2. The van der Waals surface area contributed by atoms with E-state index in [9.17, 15) is 9.59 Å². The summed E-state index contributed by atoms with van der Waals surface area (Å²) in [4.78, 5) is 25.9. The second kappa shape index (κ2) is 6.89. The molecule has 0 spiro atoms. The van der Waals surface area contributed by atoms with Crippen LogP contribution in [0.1, 0.15) is 41.5 Å². The molecule has 1 aromatic carbocycles. The maximum absolute atomic E-state index is 13.3. The van der Waals surface area contributed by atoms with Gasteiger partial charge in [-0.1, -0.05) is 17.7 Å². The maximum Gasteiger partial charge on any atom is 0.319 e. The summed E-state index contributed by atoms with van der Waals surface area (Å²) in [6, 6.07) is 4.15. The lowest BCUT2D eigenvalue weighted by molar-refractivity contribution is -0.163. The van der Waals surface area contributed by atoms with Gasteiger partial charge in [0.05, 0.1) is 19.3 Å². The van der Waals surface area contributed by atoms with E-state index in [4.69, 9.17) is 14.2 Å². The van der Waals surface area contributed by atoms with Crippen molar-refractivity contribution < 1.29 is 23.8 Å². The molecule has 1 saturated heterocycles. The van der Waals surface area contributed by atoms with Gasteiger partial charge >= 0.3 is 5.97 Å². The molecule has 1 aliphatic carbocycles. The number of esters is 1. The lowest BCUT2D eigenvalue weighted by atomic mass is 9.67. The van der Waals surface area contributed by atoms with E-state index >= 15 is 0 Å². The van der Waals surface area contributed by atoms with Crippen molar-refractivity contribution in [1.29, 1.82) is 0 Å². The van der Waals surface area contributed by atoms with Gasteiger partial charge in [-0.25, -0.2) is 0 Å². The third-order valence-electron chi connectivity index (χ3n) is 5.67. The Morgan fingerprint density at radius 1 is 1.16 bits per heavy atom. The molecule has 0 aromatic heterocycles. The van der Waals surface area contributed by atoms with Crippen LogP contribution in [0.3, 0.4) is 0 Å². The topological polar surface area (TPSA) is 61.8 Å². The molecular formula is C20H26O5. The smallest absolute Gasteiger partial charge is 0.319 e. The highest BCUT2D eigenvalue weighted by Crippen LogP contribution is 2.43. The third-order valence-corrected chi connectivity index (χ3v) is 5.67. The molecule has 0 radical (unpaired) electrons. The van der Waals surface area contributed by atoms with E-state index in [1.165, 1.54) is 12.7 Å². The van der Waals surface area contributed by atoms with Crippen LogP contribution in [0.15, 0.2) is 12.1 Å². The molecule has 5 heteroatoms. The van der Waals surface area contributed by atoms with E-state index in [0.717, 1.165) is 16.7 Å². The van der Waals surface area contributed by atoms with Gasteiger partial charge in [0, 0.05) is 6.42 Å². The van der Waals surface area contributed by atoms with E-state index in [1.54, 1.807) is 0 Å². The normalized spacial score (nSPS) is 28.5. The fourth-order valence-electron chi connectivity index (χ4n) is 4.29. The van der Waals surface area contributed by atoms with Crippen molar-refractivity contribution in [2.45, 2.75) is 58.7 Å². The van der Waals surface area contributed by atoms with E-state index in [0.29, 0.717) is 19.3 Å². The Hall–Kier alpha value is -1.72. The molecule has 0 bridgehead atoms. The number of benzene rings is 1. The molecule has 1 heterocycles. The Kier molecular flexibility index (Phi) is 4.98. The summed E-state index contributed by atoms with van der Waals surface area (Å²) in [5.41, 5.74) is 3.21. The summed E-state index contributed by atoms with van der Waals surface area (Å²) in [5, 5.41) is 0. The van der Waals surface area contributed by atoms with Crippen LogP contribution >= 0.6 is 0 Å². The monoisotopic (exact) mass is 346 g/mol. The van der Waals surface area contributed by atoms with Crippen molar-refractivity contribution in [3.63, 3.8) is 0 Å². The van der Waals surface area contributed by atoms with E-state index in [-0.39, 0.29) is 31.2 Å². The number of ether oxygens (including phenoxy) is 3. The zero-order valence-corrected chi connectivity index (χ0v) is 15.4. The predicted molar refractivity (Wildman–Crippen MR) is 92.3 cm³/mol. The van der Waals surface area contributed by atoms with Gasteiger partial charge in [-0.05, 0) is 56.7 Å². The van der Waals surface area contributed by atoms with Crippen LogP contribution < -0.4 is 0 Å². The minimum Gasteiger partial charge on any atom is -0.468 e. The van der Waals surface area contributed by atoms with E-state index < -0.39 is 11.4 Å². The number of aryl methyl sites for hydroxylation is 3. The molecule has 136 valence electrons. The van der Waals surface area contributed by atoms with Crippen LogP contribution in [0, 0.1) is 26.2 Å². The number of methoxy groups -OCH3 is 1.